The van der Waals surface area contributed by atoms with Crippen molar-refractivity contribution in [3.05, 3.63) is 28.2 Å². The third-order valence-electron chi connectivity index (χ3n) is 2.69. The molecule has 0 aliphatic heterocycles. The number of carbonyl (C=O) groups is 3. The Balaban J connectivity index is 2.81. The number of benzene rings is 1. The fraction of sp³-hybridized carbons (Fsp3) is 0.400. The number of carboxylic acid groups (broad SMARTS) is 1. The zero-order valence-electron chi connectivity index (χ0n) is 13.1. The van der Waals surface area contributed by atoms with Crippen LogP contribution in [-0.2, 0) is 9.53 Å². The third kappa shape index (κ3) is 6.27. The van der Waals surface area contributed by atoms with Gasteiger partial charge in [0.1, 0.15) is 11.6 Å². The van der Waals surface area contributed by atoms with Gasteiger partial charge in [-0.1, -0.05) is 15.9 Å². The Morgan fingerprint density at radius 2 is 1.96 bits per heavy atom. The van der Waals surface area contributed by atoms with Gasteiger partial charge in [0.25, 0.3) is 0 Å². The predicted molar refractivity (Wildman–Crippen MR) is 88.3 cm³/mol. The summed E-state index contributed by atoms with van der Waals surface area (Å²) >= 11 is 3.22. The van der Waals surface area contributed by atoms with Crippen molar-refractivity contribution in [2.75, 3.05) is 5.73 Å². The number of aliphatic carboxylic acids is 1. The van der Waals surface area contributed by atoms with E-state index in [4.69, 9.17) is 15.6 Å². The molecule has 1 atom stereocenters. The van der Waals surface area contributed by atoms with Crippen molar-refractivity contribution in [1.29, 1.82) is 0 Å². The van der Waals surface area contributed by atoms with E-state index in [0.717, 1.165) is 0 Å². The first kappa shape index (κ1) is 19.0. The number of ether oxygens (including phenoxy) is 1. The number of alkyl carbamates (subject to hydrolysis) is 1. The van der Waals surface area contributed by atoms with Crippen LogP contribution in [0.25, 0.3) is 0 Å². The van der Waals surface area contributed by atoms with E-state index in [1.165, 1.54) is 6.07 Å². The monoisotopic (exact) mass is 386 g/mol. The Hall–Kier alpha value is -2.09. The molecule has 1 amide bonds. The molecule has 0 saturated heterocycles. The number of ketones is 1. The molecule has 126 valence electrons. The molecule has 0 bridgehead atoms. The number of rotatable bonds is 5. The van der Waals surface area contributed by atoms with Crippen LogP contribution in [-0.4, -0.2) is 34.6 Å². The Kier molecular flexibility index (Phi) is 6.14. The van der Waals surface area contributed by atoms with Gasteiger partial charge in [-0.05, 0) is 39.0 Å². The quantitative estimate of drug-likeness (QED) is 0.528. The lowest BCUT2D eigenvalue weighted by molar-refractivity contribution is -0.139. The van der Waals surface area contributed by atoms with Gasteiger partial charge in [0.2, 0.25) is 0 Å². The van der Waals surface area contributed by atoms with Gasteiger partial charge in [-0.3, -0.25) is 4.79 Å². The molecule has 0 spiro atoms. The van der Waals surface area contributed by atoms with Gasteiger partial charge in [0.05, 0.1) is 0 Å². The molecular weight excluding hydrogens is 368 g/mol. The Labute approximate surface area is 142 Å². The second-order valence-corrected chi connectivity index (χ2v) is 6.81. The molecule has 1 unspecified atom stereocenters. The fourth-order valence-electron chi connectivity index (χ4n) is 1.73. The molecule has 7 nitrogen and oxygen atoms in total. The number of nitrogens with two attached hydrogens (primary N) is 1. The summed E-state index contributed by atoms with van der Waals surface area (Å²) in [6.45, 7) is 4.95. The summed E-state index contributed by atoms with van der Waals surface area (Å²) < 4.78 is 5.69. The van der Waals surface area contributed by atoms with Crippen LogP contribution in [0.15, 0.2) is 22.7 Å². The lowest BCUT2D eigenvalue weighted by atomic mass is 10.0. The van der Waals surface area contributed by atoms with E-state index in [1.54, 1.807) is 32.9 Å². The zero-order chi connectivity index (χ0) is 17.8. The van der Waals surface area contributed by atoms with E-state index in [0.29, 0.717) is 4.47 Å². The number of carbonyl (C=O) groups excluding carboxylic acids is 2. The van der Waals surface area contributed by atoms with Gasteiger partial charge < -0.3 is 20.9 Å². The molecule has 1 aromatic carbocycles. The van der Waals surface area contributed by atoms with Crippen LogP contribution in [0.4, 0.5) is 10.5 Å². The number of nitrogens with one attached hydrogen (secondary N) is 1. The number of hydrogen-bond acceptors (Lipinski definition) is 5. The molecule has 0 aromatic heterocycles. The van der Waals surface area contributed by atoms with E-state index in [1.807, 2.05) is 0 Å². The lowest BCUT2D eigenvalue weighted by Gasteiger charge is -2.21. The molecule has 1 aromatic rings. The number of anilines is 1. The first-order valence-electron chi connectivity index (χ1n) is 6.80. The largest absolute Gasteiger partial charge is 0.480 e. The second kappa shape index (κ2) is 7.45. The van der Waals surface area contributed by atoms with Crippen molar-refractivity contribution < 1.29 is 24.2 Å². The summed E-state index contributed by atoms with van der Waals surface area (Å²) in [4.78, 5) is 35.1. The van der Waals surface area contributed by atoms with Gasteiger partial charge >= 0.3 is 12.1 Å². The summed E-state index contributed by atoms with van der Waals surface area (Å²) in [5.74, 6) is -1.82. The van der Waals surface area contributed by atoms with Gasteiger partial charge in [-0.15, -0.1) is 0 Å². The topological polar surface area (TPSA) is 119 Å². The maximum atomic E-state index is 12.2. The molecule has 4 N–H and O–H groups in total. The predicted octanol–water partition coefficient (Wildman–Crippen LogP) is 2.58. The number of carboxylic acids is 1. The summed E-state index contributed by atoms with van der Waals surface area (Å²) in [6.07, 6.45) is -1.33. The van der Waals surface area contributed by atoms with Crippen LogP contribution in [0.1, 0.15) is 37.6 Å². The maximum absolute atomic E-state index is 12.2. The van der Waals surface area contributed by atoms with Crippen LogP contribution in [0.2, 0.25) is 0 Å². The lowest BCUT2D eigenvalue weighted by Crippen LogP contribution is -2.44. The molecule has 23 heavy (non-hydrogen) atoms. The average Bonchev–Trinajstić information content (AvgIpc) is 2.35. The molecule has 0 fully saturated rings. The van der Waals surface area contributed by atoms with E-state index < -0.39 is 35.9 Å². The Morgan fingerprint density at radius 1 is 1.35 bits per heavy atom. The highest BCUT2D eigenvalue weighted by Crippen LogP contribution is 2.20. The van der Waals surface area contributed by atoms with Gasteiger partial charge in [-0.2, -0.15) is 0 Å². The molecule has 0 aliphatic carbocycles. The first-order valence-corrected chi connectivity index (χ1v) is 7.59. The fourth-order valence-corrected chi connectivity index (χ4v) is 2.11. The average molecular weight is 387 g/mol. The number of halogens is 1. The van der Waals surface area contributed by atoms with E-state index in [9.17, 15) is 14.4 Å². The van der Waals surface area contributed by atoms with Gasteiger partial charge in [-0.25, -0.2) is 9.59 Å². The summed E-state index contributed by atoms with van der Waals surface area (Å²) in [7, 11) is 0. The van der Waals surface area contributed by atoms with Crippen molar-refractivity contribution in [1.82, 2.24) is 5.32 Å². The second-order valence-electron chi connectivity index (χ2n) is 5.90. The van der Waals surface area contributed by atoms with Crippen molar-refractivity contribution in [3.8, 4) is 0 Å². The summed E-state index contributed by atoms with van der Waals surface area (Å²) in [6, 6.07) is 3.26. The third-order valence-corrected chi connectivity index (χ3v) is 3.19. The van der Waals surface area contributed by atoms with Crippen molar-refractivity contribution in [3.63, 3.8) is 0 Å². The Morgan fingerprint density at radius 3 is 2.43 bits per heavy atom. The number of Topliss-reactive ketones (excluding diaryl/α,β-unsaturated/α-hetero) is 1. The number of nitrogen functional groups attached to an aromatic ring is 1. The van der Waals surface area contributed by atoms with Crippen LogP contribution in [0.5, 0.6) is 0 Å². The van der Waals surface area contributed by atoms with Crippen LogP contribution in [0, 0.1) is 0 Å². The van der Waals surface area contributed by atoms with Crippen LogP contribution in [0.3, 0.4) is 0 Å². The minimum absolute atomic E-state index is 0.199. The highest BCUT2D eigenvalue weighted by Gasteiger charge is 2.27. The van der Waals surface area contributed by atoms with Crippen molar-refractivity contribution >= 4 is 39.5 Å². The molecule has 0 heterocycles. The molecular formula is C15H19BrN2O5. The molecule has 8 heteroatoms. The van der Waals surface area contributed by atoms with Crippen LogP contribution >= 0.6 is 15.9 Å². The van der Waals surface area contributed by atoms with E-state index >= 15 is 0 Å². The number of hydrogen-bond donors (Lipinski definition) is 3. The maximum Gasteiger partial charge on any atom is 0.408 e. The minimum Gasteiger partial charge on any atom is -0.480 e. The summed E-state index contributed by atoms with van der Waals surface area (Å²) in [5, 5.41) is 11.3. The van der Waals surface area contributed by atoms with E-state index in [2.05, 4.69) is 21.2 Å². The normalized spacial score (nSPS) is 12.3. The highest BCUT2D eigenvalue weighted by molar-refractivity contribution is 9.10. The van der Waals surface area contributed by atoms with Gasteiger partial charge in [0, 0.05) is 22.1 Å². The van der Waals surface area contributed by atoms with Crippen molar-refractivity contribution in [2.24, 2.45) is 0 Å². The first-order chi connectivity index (χ1) is 10.5. The molecule has 0 radical (unpaired) electrons. The van der Waals surface area contributed by atoms with E-state index in [-0.39, 0.29) is 11.3 Å². The highest BCUT2D eigenvalue weighted by atomic mass is 79.9. The molecule has 0 aliphatic rings. The van der Waals surface area contributed by atoms with Crippen LogP contribution < -0.4 is 11.1 Å². The zero-order valence-corrected chi connectivity index (χ0v) is 14.6. The molecule has 1 rings (SSSR count). The minimum atomic E-state index is -1.40. The smallest absolute Gasteiger partial charge is 0.408 e. The number of amides is 1. The summed E-state index contributed by atoms with van der Waals surface area (Å²) in [5.41, 5.74) is 5.40. The van der Waals surface area contributed by atoms with Gasteiger partial charge in [0.15, 0.2) is 5.78 Å². The SMILES string of the molecule is CC(C)(C)OC(=O)NC(CC(=O)c1ccc(Br)cc1N)C(=O)O. The Bertz CT molecular complexity index is 625. The van der Waals surface area contributed by atoms with Crippen molar-refractivity contribution in [2.45, 2.75) is 38.8 Å². The standard InChI is InChI=1S/C15H19BrN2O5/c1-15(2,3)23-14(22)18-11(13(20)21)7-12(19)9-5-4-8(16)6-10(9)17/h4-6,11H,7,17H2,1-3H3,(H,18,22)(H,20,21). The molecule has 0 saturated carbocycles.